The summed E-state index contributed by atoms with van der Waals surface area (Å²) in [7, 11) is -3.81. The molecule has 80 valence electrons. The second kappa shape index (κ2) is 3.88. The summed E-state index contributed by atoms with van der Waals surface area (Å²) in [6, 6.07) is -0.0455. The van der Waals surface area contributed by atoms with Crippen LogP contribution in [0.15, 0.2) is 11.2 Å². The zero-order valence-electron chi connectivity index (χ0n) is 7.94. The zero-order chi connectivity index (χ0) is 10.9. The number of halogens is 1. The molecule has 1 aromatic rings. The van der Waals surface area contributed by atoms with E-state index < -0.39 is 10.0 Å². The average Bonchev–Trinajstić information content (AvgIpc) is 2.44. The molecular weight excluding hydrogens is 226 g/mol. The first-order chi connectivity index (χ1) is 6.38. The highest BCUT2D eigenvalue weighted by atomic mass is 35.5. The van der Waals surface area contributed by atoms with Crippen LogP contribution in [0, 0.1) is 0 Å². The summed E-state index contributed by atoms with van der Waals surface area (Å²) < 4.78 is 23.7. The molecule has 0 aliphatic rings. The largest absolute Gasteiger partial charge is 0.256 e. The Bertz CT molecular complexity index is 426. The number of hydrogen-bond acceptors (Lipinski definition) is 3. The molecule has 0 spiro atoms. The highest BCUT2D eigenvalue weighted by molar-refractivity contribution is 7.89. The Labute approximate surface area is 87.9 Å². The van der Waals surface area contributed by atoms with Gasteiger partial charge < -0.3 is 0 Å². The Morgan fingerprint density at radius 2 is 2.29 bits per heavy atom. The van der Waals surface area contributed by atoms with E-state index in [1.165, 1.54) is 10.9 Å². The van der Waals surface area contributed by atoms with Gasteiger partial charge >= 0.3 is 0 Å². The number of nitrogens with two attached hydrogens (primary N) is 1. The van der Waals surface area contributed by atoms with Crippen LogP contribution in [0.25, 0.3) is 0 Å². The molecule has 0 radical (unpaired) electrons. The normalized spacial score (nSPS) is 14.3. The van der Waals surface area contributed by atoms with Gasteiger partial charge in [-0.3, -0.25) is 0 Å². The average molecular weight is 238 g/mol. The molecule has 0 aliphatic heterocycles. The fraction of sp³-hybridized carbons (Fsp3) is 0.571. The van der Waals surface area contributed by atoms with Crippen LogP contribution in [0.3, 0.4) is 0 Å². The van der Waals surface area contributed by atoms with E-state index in [9.17, 15) is 8.42 Å². The third kappa shape index (κ3) is 2.08. The maximum Gasteiger partial charge on any atom is 0.256 e. The highest BCUT2D eigenvalue weighted by Crippen LogP contribution is 2.23. The Kier molecular flexibility index (Phi) is 3.18. The lowest BCUT2D eigenvalue weighted by Crippen LogP contribution is -2.20. The first-order valence-corrected chi connectivity index (χ1v) is 6.06. The van der Waals surface area contributed by atoms with Crippen molar-refractivity contribution in [3.05, 3.63) is 11.2 Å². The van der Waals surface area contributed by atoms with E-state index >= 15 is 0 Å². The third-order valence-electron chi connectivity index (χ3n) is 1.99. The van der Waals surface area contributed by atoms with Gasteiger partial charge in [-0.25, -0.2) is 18.2 Å². The van der Waals surface area contributed by atoms with E-state index in [4.69, 9.17) is 16.7 Å². The molecule has 0 amide bonds. The Hall–Kier alpha value is -0.590. The van der Waals surface area contributed by atoms with E-state index in [0.29, 0.717) is 0 Å². The second-order valence-electron chi connectivity index (χ2n) is 3.04. The maximum atomic E-state index is 11.2. The summed E-state index contributed by atoms with van der Waals surface area (Å²) >= 11 is 5.69. The molecule has 7 heteroatoms. The van der Waals surface area contributed by atoms with E-state index in [2.05, 4.69) is 5.10 Å². The zero-order valence-corrected chi connectivity index (χ0v) is 9.51. The smallest absolute Gasteiger partial charge is 0.249 e. The maximum absolute atomic E-state index is 11.2. The van der Waals surface area contributed by atoms with E-state index in [-0.39, 0.29) is 16.1 Å². The molecule has 0 fully saturated rings. The van der Waals surface area contributed by atoms with Crippen molar-refractivity contribution in [2.24, 2.45) is 5.14 Å². The van der Waals surface area contributed by atoms with Crippen LogP contribution >= 0.6 is 11.6 Å². The predicted molar refractivity (Wildman–Crippen MR) is 53.6 cm³/mol. The summed E-state index contributed by atoms with van der Waals surface area (Å²) in [5.41, 5.74) is 0. The number of rotatable bonds is 3. The SMILES string of the molecule is CCC(C)n1ncc(Cl)c1S(N)(=O)=O. The lowest BCUT2D eigenvalue weighted by Gasteiger charge is -2.12. The molecular formula is C7H12ClN3O2S. The molecule has 0 saturated heterocycles. The standard InChI is InChI=1S/C7H12ClN3O2S/c1-3-5(2)11-7(14(9,12)13)6(8)4-10-11/h4-5H,3H2,1-2H3,(H2,9,12,13). The van der Waals surface area contributed by atoms with Gasteiger partial charge in [-0.1, -0.05) is 18.5 Å². The minimum atomic E-state index is -3.81. The summed E-state index contributed by atoms with van der Waals surface area (Å²) in [4.78, 5) is 0. The van der Waals surface area contributed by atoms with Gasteiger partial charge in [0, 0.05) is 0 Å². The molecule has 2 N–H and O–H groups in total. The summed E-state index contributed by atoms with van der Waals surface area (Å²) in [6.07, 6.45) is 2.04. The van der Waals surface area contributed by atoms with Gasteiger partial charge in [0.2, 0.25) is 0 Å². The molecule has 0 bridgehead atoms. The fourth-order valence-electron chi connectivity index (χ4n) is 1.08. The van der Waals surface area contributed by atoms with Gasteiger partial charge in [0.1, 0.15) is 0 Å². The van der Waals surface area contributed by atoms with Crippen molar-refractivity contribution >= 4 is 21.6 Å². The topological polar surface area (TPSA) is 78.0 Å². The van der Waals surface area contributed by atoms with Crippen molar-refractivity contribution < 1.29 is 8.42 Å². The number of primary sulfonamides is 1. The second-order valence-corrected chi connectivity index (χ2v) is 4.93. The van der Waals surface area contributed by atoms with Crippen LogP contribution in [0.5, 0.6) is 0 Å². The molecule has 0 aliphatic carbocycles. The predicted octanol–water partition coefficient (Wildman–Crippen LogP) is 1.15. The Morgan fingerprint density at radius 1 is 1.71 bits per heavy atom. The van der Waals surface area contributed by atoms with Crippen LogP contribution in [0.4, 0.5) is 0 Å². The van der Waals surface area contributed by atoms with Crippen molar-refractivity contribution in [1.82, 2.24) is 9.78 Å². The molecule has 1 heterocycles. The van der Waals surface area contributed by atoms with Gasteiger partial charge in [-0.2, -0.15) is 5.10 Å². The number of sulfonamides is 1. The van der Waals surface area contributed by atoms with Crippen LogP contribution in [-0.4, -0.2) is 18.2 Å². The summed E-state index contributed by atoms with van der Waals surface area (Å²) in [6.45, 7) is 3.77. The quantitative estimate of drug-likeness (QED) is 0.857. The molecule has 14 heavy (non-hydrogen) atoms. The minimum absolute atomic E-state index is 0.0455. The van der Waals surface area contributed by atoms with Crippen molar-refractivity contribution in [2.75, 3.05) is 0 Å². The van der Waals surface area contributed by atoms with Crippen molar-refractivity contribution in [2.45, 2.75) is 31.3 Å². The first-order valence-electron chi connectivity index (χ1n) is 4.13. The van der Waals surface area contributed by atoms with Gasteiger partial charge in [0.25, 0.3) is 10.0 Å². The van der Waals surface area contributed by atoms with Gasteiger partial charge in [-0.05, 0) is 13.3 Å². The van der Waals surface area contributed by atoms with Gasteiger partial charge in [-0.15, -0.1) is 0 Å². The number of aromatic nitrogens is 2. The molecule has 0 saturated carbocycles. The Morgan fingerprint density at radius 3 is 2.71 bits per heavy atom. The van der Waals surface area contributed by atoms with Crippen LogP contribution < -0.4 is 5.14 Å². The third-order valence-corrected chi connectivity index (χ3v) is 3.32. The number of nitrogens with zero attached hydrogens (tertiary/aromatic N) is 2. The molecule has 1 unspecified atom stereocenters. The molecule has 0 aromatic carbocycles. The van der Waals surface area contributed by atoms with E-state index in [0.717, 1.165) is 6.42 Å². The van der Waals surface area contributed by atoms with Crippen molar-refractivity contribution in [3.8, 4) is 0 Å². The lowest BCUT2D eigenvalue weighted by atomic mass is 10.3. The van der Waals surface area contributed by atoms with Crippen molar-refractivity contribution in [1.29, 1.82) is 0 Å². The monoisotopic (exact) mass is 237 g/mol. The molecule has 1 rings (SSSR count). The lowest BCUT2D eigenvalue weighted by molar-refractivity contribution is 0.437. The molecule has 1 aromatic heterocycles. The molecule has 1 atom stereocenters. The summed E-state index contributed by atoms with van der Waals surface area (Å²) in [5.74, 6) is 0. The van der Waals surface area contributed by atoms with Crippen molar-refractivity contribution in [3.63, 3.8) is 0 Å². The number of hydrogen-bond donors (Lipinski definition) is 1. The Balaban J connectivity index is 3.34. The van der Waals surface area contributed by atoms with E-state index in [1.54, 1.807) is 0 Å². The first kappa shape index (κ1) is 11.5. The fourth-order valence-corrected chi connectivity index (χ4v) is 2.35. The van der Waals surface area contributed by atoms with E-state index in [1.807, 2.05) is 13.8 Å². The molecule has 5 nitrogen and oxygen atoms in total. The minimum Gasteiger partial charge on any atom is -0.249 e. The van der Waals surface area contributed by atoms with Crippen LogP contribution in [-0.2, 0) is 10.0 Å². The van der Waals surface area contributed by atoms with Crippen LogP contribution in [0.1, 0.15) is 26.3 Å². The highest BCUT2D eigenvalue weighted by Gasteiger charge is 2.22. The van der Waals surface area contributed by atoms with Crippen LogP contribution in [0.2, 0.25) is 5.02 Å². The van der Waals surface area contributed by atoms with Gasteiger partial charge in [0.15, 0.2) is 5.03 Å². The van der Waals surface area contributed by atoms with Gasteiger partial charge in [0.05, 0.1) is 17.3 Å². The summed E-state index contributed by atoms with van der Waals surface area (Å²) in [5, 5.41) is 8.85.